The molecular weight excluding hydrogens is 198 g/mol. The summed E-state index contributed by atoms with van der Waals surface area (Å²) < 4.78 is 5.04. The minimum absolute atomic E-state index is 0.846. The molecule has 0 amide bonds. The van der Waals surface area contributed by atoms with E-state index in [4.69, 9.17) is 4.74 Å². The summed E-state index contributed by atoms with van der Waals surface area (Å²) >= 11 is 0. The average molecular weight is 225 g/mol. The second-order valence-corrected chi connectivity index (χ2v) is 5.88. The Morgan fingerprint density at radius 2 is 1.94 bits per heavy atom. The standard InChI is InChI=1S/C14H27NO/c1-11-3-5-12(6-4-11)14-9-13(14)10-15-7-8-16-2/h11-15H,3-10H2,1-2H3. The Hall–Kier alpha value is -0.0800. The molecule has 2 nitrogen and oxygen atoms in total. The Morgan fingerprint density at radius 1 is 1.19 bits per heavy atom. The minimum Gasteiger partial charge on any atom is -0.383 e. The predicted molar refractivity (Wildman–Crippen MR) is 67.5 cm³/mol. The number of methoxy groups -OCH3 is 1. The van der Waals surface area contributed by atoms with Crippen LogP contribution in [0.25, 0.3) is 0 Å². The molecular formula is C14H27NO. The van der Waals surface area contributed by atoms with Gasteiger partial charge in [0, 0.05) is 13.7 Å². The molecule has 2 rings (SSSR count). The summed E-state index contributed by atoms with van der Waals surface area (Å²) in [6, 6.07) is 0. The Balaban J connectivity index is 1.56. The minimum atomic E-state index is 0.846. The van der Waals surface area contributed by atoms with E-state index in [-0.39, 0.29) is 0 Å². The topological polar surface area (TPSA) is 21.3 Å². The molecule has 0 heterocycles. The van der Waals surface area contributed by atoms with Gasteiger partial charge in [-0.1, -0.05) is 19.8 Å². The lowest BCUT2D eigenvalue weighted by molar-refractivity contribution is 0.198. The summed E-state index contributed by atoms with van der Waals surface area (Å²) in [7, 11) is 1.77. The molecule has 2 aliphatic rings. The number of nitrogens with one attached hydrogen (secondary N) is 1. The van der Waals surface area contributed by atoms with Crippen molar-refractivity contribution in [3.05, 3.63) is 0 Å². The smallest absolute Gasteiger partial charge is 0.0587 e. The fourth-order valence-electron chi connectivity index (χ4n) is 3.26. The van der Waals surface area contributed by atoms with Crippen LogP contribution >= 0.6 is 0 Å². The van der Waals surface area contributed by atoms with Crippen molar-refractivity contribution in [2.75, 3.05) is 26.8 Å². The molecule has 2 aliphatic carbocycles. The zero-order chi connectivity index (χ0) is 11.4. The third kappa shape index (κ3) is 3.46. The maximum atomic E-state index is 5.04. The maximum absolute atomic E-state index is 5.04. The first-order chi connectivity index (χ1) is 7.81. The molecule has 0 aromatic rings. The molecule has 2 atom stereocenters. The van der Waals surface area contributed by atoms with Gasteiger partial charge in [0.05, 0.1) is 6.61 Å². The molecule has 2 fully saturated rings. The van der Waals surface area contributed by atoms with E-state index in [1.54, 1.807) is 7.11 Å². The van der Waals surface area contributed by atoms with Crippen LogP contribution in [-0.4, -0.2) is 26.8 Å². The molecule has 0 bridgehead atoms. The van der Waals surface area contributed by atoms with E-state index in [0.717, 1.165) is 36.8 Å². The summed E-state index contributed by atoms with van der Waals surface area (Å²) in [5, 5.41) is 3.50. The zero-order valence-electron chi connectivity index (χ0n) is 10.9. The lowest BCUT2D eigenvalue weighted by atomic mass is 9.80. The Kier molecular flexibility index (Phi) is 4.66. The third-order valence-corrected chi connectivity index (χ3v) is 4.53. The van der Waals surface area contributed by atoms with Crippen molar-refractivity contribution in [3.8, 4) is 0 Å². The van der Waals surface area contributed by atoms with Gasteiger partial charge in [-0.05, 0) is 49.5 Å². The highest BCUT2D eigenvalue weighted by atomic mass is 16.5. The van der Waals surface area contributed by atoms with Gasteiger partial charge in [-0.15, -0.1) is 0 Å². The molecule has 2 heteroatoms. The normalized spacial score (nSPS) is 38.6. The van der Waals surface area contributed by atoms with Crippen LogP contribution in [0.5, 0.6) is 0 Å². The Labute approximate surface area is 100 Å². The van der Waals surface area contributed by atoms with E-state index >= 15 is 0 Å². The highest BCUT2D eigenvalue weighted by Crippen LogP contribution is 2.49. The van der Waals surface area contributed by atoms with Gasteiger partial charge in [0.15, 0.2) is 0 Å². The lowest BCUT2D eigenvalue weighted by Gasteiger charge is -2.26. The highest BCUT2D eigenvalue weighted by molar-refractivity contribution is 4.93. The summed E-state index contributed by atoms with van der Waals surface area (Å²) in [6.45, 7) is 5.49. The lowest BCUT2D eigenvalue weighted by Crippen LogP contribution is -2.23. The average Bonchev–Trinajstić information content (AvgIpc) is 3.05. The van der Waals surface area contributed by atoms with Crippen molar-refractivity contribution >= 4 is 0 Å². The number of ether oxygens (including phenoxy) is 1. The molecule has 16 heavy (non-hydrogen) atoms. The second kappa shape index (κ2) is 6.02. The van der Waals surface area contributed by atoms with Gasteiger partial charge in [0.25, 0.3) is 0 Å². The summed E-state index contributed by atoms with van der Waals surface area (Å²) in [5.74, 6) is 4.09. The molecule has 2 saturated carbocycles. The quantitative estimate of drug-likeness (QED) is 0.702. The molecule has 94 valence electrons. The van der Waals surface area contributed by atoms with E-state index in [1.165, 1.54) is 38.6 Å². The molecule has 0 aliphatic heterocycles. The van der Waals surface area contributed by atoms with Gasteiger partial charge in [0.2, 0.25) is 0 Å². The first-order valence-corrected chi connectivity index (χ1v) is 7.01. The van der Waals surface area contributed by atoms with E-state index in [1.807, 2.05) is 0 Å². The fourth-order valence-corrected chi connectivity index (χ4v) is 3.26. The number of hydrogen-bond donors (Lipinski definition) is 1. The third-order valence-electron chi connectivity index (χ3n) is 4.53. The van der Waals surface area contributed by atoms with Crippen molar-refractivity contribution in [3.63, 3.8) is 0 Å². The molecule has 0 aromatic heterocycles. The van der Waals surface area contributed by atoms with E-state index in [9.17, 15) is 0 Å². The van der Waals surface area contributed by atoms with Gasteiger partial charge in [-0.2, -0.15) is 0 Å². The fraction of sp³-hybridized carbons (Fsp3) is 1.00. The number of rotatable bonds is 6. The van der Waals surface area contributed by atoms with Gasteiger partial charge in [-0.3, -0.25) is 0 Å². The summed E-state index contributed by atoms with van der Waals surface area (Å²) in [5.41, 5.74) is 0. The van der Waals surface area contributed by atoms with Crippen LogP contribution in [0, 0.1) is 23.7 Å². The van der Waals surface area contributed by atoms with Crippen LogP contribution in [0.15, 0.2) is 0 Å². The molecule has 0 radical (unpaired) electrons. The molecule has 0 spiro atoms. The molecule has 0 aromatic carbocycles. The first kappa shape index (κ1) is 12.4. The second-order valence-electron chi connectivity index (χ2n) is 5.88. The predicted octanol–water partition coefficient (Wildman–Crippen LogP) is 2.68. The van der Waals surface area contributed by atoms with Crippen LogP contribution in [0.4, 0.5) is 0 Å². The van der Waals surface area contributed by atoms with Crippen molar-refractivity contribution in [1.82, 2.24) is 5.32 Å². The van der Waals surface area contributed by atoms with Crippen LogP contribution in [0.1, 0.15) is 39.0 Å². The monoisotopic (exact) mass is 225 g/mol. The Bertz CT molecular complexity index is 199. The van der Waals surface area contributed by atoms with Gasteiger partial charge in [-0.25, -0.2) is 0 Å². The van der Waals surface area contributed by atoms with Crippen molar-refractivity contribution in [1.29, 1.82) is 0 Å². The number of hydrogen-bond acceptors (Lipinski definition) is 2. The van der Waals surface area contributed by atoms with Crippen LogP contribution < -0.4 is 5.32 Å². The van der Waals surface area contributed by atoms with E-state index in [0.29, 0.717) is 0 Å². The maximum Gasteiger partial charge on any atom is 0.0587 e. The largest absolute Gasteiger partial charge is 0.383 e. The summed E-state index contributed by atoms with van der Waals surface area (Å²) in [4.78, 5) is 0. The van der Waals surface area contributed by atoms with Crippen LogP contribution in [0.2, 0.25) is 0 Å². The van der Waals surface area contributed by atoms with Gasteiger partial charge in [0.1, 0.15) is 0 Å². The molecule has 2 unspecified atom stereocenters. The molecule has 1 N–H and O–H groups in total. The van der Waals surface area contributed by atoms with E-state index in [2.05, 4.69) is 12.2 Å². The van der Waals surface area contributed by atoms with Crippen molar-refractivity contribution in [2.45, 2.75) is 39.0 Å². The molecule has 0 saturated heterocycles. The Morgan fingerprint density at radius 3 is 2.62 bits per heavy atom. The van der Waals surface area contributed by atoms with E-state index < -0.39 is 0 Å². The van der Waals surface area contributed by atoms with Crippen molar-refractivity contribution < 1.29 is 4.74 Å². The van der Waals surface area contributed by atoms with Gasteiger partial charge >= 0.3 is 0 Å². The van der Waals surface area contributed by atoms with Crippen LogP contribution in [0.3, 0.4) is 0 Å². The van der Waals surface area contributed by atoms with Crippen molar-refractivity contribution in [2.24, 2.45) is 23.7 Å². The van der Waals surface area contributed by atoms with Crippen LogP contribution in [-0.2, 0) is 4.74 Å². The van der Waals surface area contributed by atoms with Gasteiger partial charge < -0.3 is 10.1 Å². The summed E-state index contributed by atoms with van der Waals surface area (Å²) in [6.07, 6.45) is 7.44. The first-order valence-electron chi connectivity index (χ1n) is 7.01. The SMILES string of the molecule is COCCNCC1CC1C1CCC(C)CC1. The highest BCUT2D eigenvalue weighted by Gasteiger charge is 2.42. The zero-order valence-corrected chi connectivity index (χ0v) is 10.9.